The lowest BCUT2D eigenvalue weighted by atomic mass is 10.1. The molecule has 4 N–H and O–H groups in total. The number of nitrogens with one attached hydrogen (secondary N) is 2. The summed E-state index contributed by atoms with van der Waals surface area (Å²) in [6.07, 6.45) is -4.15. The fraction of sp³-hybridized carbons (Fsp3) is 0.267. The Morgan fingerprint density at radius 3 is 2.64 bits per heavy atom. The molecule has 0 spiro atoms. The number of aromatic nitrogens is 1. The molecule has 1 aromatic heterocycles. The molecule has 2 rings (SSSR count). The van der Waals surface area contributed by atoms with E-state index < -0.39 is 29.9 Å². The lowest BCUT2D eigenvalue weighted by Gasteiger charge is -2.15. The summed E-state index contributed by atoms with van der Waals surface area (Å²) in [4.78, 5) is 26.7. The Labute approximate surface area is 145 Å². The summed E-state index contributed by atoms with van der Waals surface area (Å²) in [6, 6.07) is 4.60. The number of hydrogen-bond donors (Lipinski definition) is 3. The van der Waals surface area contributed by atoms with E-state index in [1.165, 1.54) is 12.1 Å². The molecule has 6 nitrogen and oxygen atoms in total. The number of carbonyl (C=O) groups excluding carboxylic acids is 2. The quantitative estimate of drug-likeness (QED) is 0.749. The first-order chi connectivity index (χ1) is 11.7. The second kappa shape index (κ2) is 7.51. The average molecular weight is 372 g/mol. The number of nitrogens with zero attached hydrogens (tertiary/aromatic N) is 1. The highest BCUT2D eigenvalue weighted by Crippen LogP contribution is 2.32. The van der Waals surface area contributed by atoms with Gasteiger partial charge in [0.05, 0.1) is 6.04 Å². The van der Waals surface area contributed by atoms with Gasteiger partial charge in [-0.25, -0.2) is 9.78 Å². The van der Waals surface area contributed by atoms with E-state index in [-0.39, 0.29) is 10.6 Å². The third kappa shape index (κ3) is 4.92. The van der Waals surface area contributed by atoms with Crippen molar-refractivity contribution in [1.29, 1.82) is 0 Å². The zero-order valence-corrected chi connectivity index (χ0v) is 13.9. The van der Waals surface area contributed by atoms with Crippen LogP contribution in [0.5, 0.6) is 0 Å². The summed E-state index contributed by atoms with van der Waals surface area (Å²) in [7, 11) is 0. The minimum Gasteiger partial charge on any atom is -0.351 e. The Kier molecular flexibility index (Phi) is 5.62. The molecule has 1 aromatic carbocycles. The number of primary amides is 1. The van der Waals surface area contributed by atoms with Crippen molar-refractivity contribution in [3.8, 4) is 0 Å². The van der Waals surface area contributed by atoms with Crippen molar-refractivity contribution < 1.29 is 22.8 Å². The Morgan fingerprint density at radius 1 is 1.36 bits per heavy atom. The van der Waals surface area contributed by atoms with Crippen molar-refractivity contribution in [3.05, 3.63) is 45.9 Å². The number of urea groups is 1. The number of alkyl halides is 3. The summed E-state index contributed by atoms with van der Waals surface area (Å²) < 4.78 is 38.0. The van der Waals surface area contributed by atoms with E-state index in [9.17, 15) is 22.8 Å². The average Bonchev–Trinajstić information content (AvgIpc) is 3.02. The van der Waals surface area contributed by atoms with E-state index in [0.717, 1.165) is 16.7 Å². The molecule has 1 unspecified atom stereocenters. The number of benzene rings is 1. The van der Waals surface area contributed by atoms with Crippen LogP contribution in [0.4, 0.5) is 23.7 Å². The molecular formula is C15H15F3N4O2S. The van der Waals surface area contributed by atoms with E-state index in [0.29, 0.717) is 12.1 Å². The lowest BCUT2D eigenvalue weighted by Crippen LogP contribution is -2.28. The minimum atomic E-state index is -4.52. The number of halogens is 3. The molecule has 25 heavy (non-hydrogen) atoms. The van der Waals surface area contributed by atoms with Crippen LogP contribution < -0.4 is 16.4 Å². The highest BCUT2D eigenvalue weighted by atomic mass is 32.1. The Bertz CT molecular complexity index is 776. The SMILES string of the molecule is CCC(NC(=O)c1cccc(NC(N)=O)c1)c1nc(C(F)(F)F)cs1. The molecule has 1 heterocycles. The van der Waals surface area contributed by atoms with Crippen molar-refractivity contribution in [2.45, 2.75) is 25.6 Å². The van der Waals surface area contributed by atoms with Crippen LogP contribution in [0.25, 0.3) is 0 Å². The summed E-state index contributed by atoms with van der Waals surface area (Å²) in [5.74, 6) is -0.497. The molecular weight excluding hydrogens is 357 g/mol. The molecule has 0 saturated heterocycles. The molecule has 0 aliphatic carbocycles. The maximum Gasteiger partial charge on any atom is 0.434 e. The largest absolute Gasteiger partial charge is 0.434 e. The molecule has 10 heteroatoms. The highest BCUT2D eigenvalue weighted by molar-refractivity contribution is 7.09. The normalized spacial score (nSPS) is 12.5. The van der Waals surface area contributed by atoms with Crippen molar-refractivity contribution >= 4 is 29.0 Å². The maximum atomic E-state index is 12.7. The van der Waals surface area contributed by atoms with E-state index in [1.54, 1.807) is 19.1 Å². The molecule has 0 radical (unpaired) electrons. The van der Waals surface area contributed by atoms with Gasteiger partial charge in [0.2, 0.25) is 0 Å². The van der Waals surface area contributed by atoms with E-state index in [1.807, 2.05) is 0 Å². The van der Waals surface area contributed by atoms with Crippen LogP contribution in [0.15, 0.2) is 29.6 Å². The molecule has 3 amide bonds. The van der Waals surface area contributed by atoms with Crippen LogP contribution >= 0.6 is 11.3 Å². The Morgan fingerprint density at radius 2 is 2.08 bits per heavy atom. The Balaban J connectivity index is 2.14. The molecule has 0 bridgehead atoms. The number of amides is 3. The molecule has 0 saturated carbocycles. The predicted molar refractivity (Wildman–Crippen MR) is 87.3 cm³/mol. The monoisotopic (exact) mass is 372 g/mol. The second-order valence-electron chi connectivity index (χ2n) is 5.07. The number of carbonyl (C=O) groups is 2. The Hall–Kier alpha value is -2.62. The van der Waals surface area contributed by atoms with Gasteiger partial charge in [0.25, 0.3) is 5.91 Å². The predicted octanol–water partition coefficient (Wildman–Crippen LogP) is 3.53. The first-order valence-corrected chi connectivity index (χ1v) is 8.08. The number of anilines is 1. The third-order valence-electron chi connectivity index (χ3n) is 3.22. The van der Waals surface area contributed by atoms with Crippen molar-refractivity contribution in [1.82, 2.24) is 10.3 Å². The van der Waals surface area contributed by atoms with Gasteiger partial charge in [0.1, 0.15) is 5.01 Å². The fourth-order valence-corrected chi connectivity index (χ4v) is 3.00. The molecule has 0 aliphatic heterocycles. The first-order valence-electron chi connectivity index (χ1n) is 7.20. The van der Waals surface area contributed by atoms with Gasteiger partial charge in [-0.1, -0.05) is 13.0 Å². The number of nitrogens with two attached hydrogens (primary N) is 1. The molecule has 0 aliphatic rings. The molecule has 134 valence electrons. The van der Waals surface area contributed by atoms with Crippen LogP contribution in [0.1, 0.15) is 40.4 Å². The van der Waals surface area contributed by atoms with E-state index >= 15 is 0 Å². The van der Waals surface area contributed by atoms with Gasteiger partial charge in [-0.05, 0) is 24.6 Å². The number of rotatable bonds is 5. The van der Waals surface area contributed by atoms with Crippen LogP contribution in [0.2, 0.25) is 0 Å². The first kappa shape index (κ1) is 18.7. The van der Waals surface area contributed by atoms with Crippen LogP contribution in [-0.2, 0) is 6.18 Å². The van der Waals surface area contributed by atoms with Gasteiger partial charge in [0, 0.05) is 16.6 Å². The van der Waals surface area contributed by atoms with Gasteiger partial charge < -0.3 is 16.4 Å². The maximum absolute atomic E-state index is 12.7. The summed E-state index contributed by atoms with van der Waals surface area (Å²) >= 11 is 0.838. The van der Waals surface area contributed by atoms with Gasteiger partial charge >= 0.3 is 12.2 Å². The third-order valence-corrected chi connectivity index (χ3v) is 4.17. The van der Waals surface area contributed by atoms with Gasteiger partial charge in [-0.3, -0.25) is 4.79 Å². The number of thiazole rings is 1. The van der Waals surface area contributed by atoms with Crippen molar-refractivity contribution in [2.75, 3.05) is 5.32 Å². The summed E-state index contributed by atoms with van der Waals surface area (Å²) in [5, 5.41) is 6.08. The van der Waals surface area contributed by atoms with Crippen LogP contribution in [-0.4, -0.2) is 16.9 Å². The molecule has 0 fully saturated rings. The second-order valence-corrected chi connectivity index (χ2v) is 5.96. The summed E-state index contributed by atoms with van der Waals surface area (Å²) in [5.41, 5.74) is 4.61. The van der Waals surface area contributed by atoms with Gasteiger partial charge in [0.15, 0.2) is 5.69 Å². The van der Waals surface area contributed by atoms with Crippen molar-refractivity contribution in [2.24, 2.45) is 5.73 Å². The lowest BCUT2D eigenvalue weighted by molar-refractivity contribution is -0.140. The van der Waals surface area contributed by atoms with Crippen LogP contribution in [0.3, 0.4) is 0 Å². The van der Waals surface area contributed by atoms with E-state index in [4.69, 9.17) is 5.73 Å². The van der Waals surface area contributed by atoms with Gasteiger partial charge in [-0.2, -0.15) is 13.2 Å². The number of hydrogen-bond acceptors (Lipinski definition) is 4. The minimum absolute atomic E-state index is 0.176. The van der Waals surface area contributed by atoms with Crippen molar-refractivity contribution in [3.63, 3.8) is 0 Å². The molecule has 2 aromatic rings. The topological polar surface area (TPSA) is 97.1 Å². The smallest absolute Gasteiger partial charge is 0.351 e. The zero-order chi connectivity index (χ0) is 18.6. The summed E-state index contributed by atoms with van der Waals surface area (Å²) in [6.45, 7) is 1.73. The molecule has 1 atom stereocenters. The fourth-order valence-electron chi connectivity index (χ4n) is 2.04. The standard InChI is InChI=1S/C15H15F3N4O2S/c1-2-10(13-22-11(7-25-13)15(16,17)18)21-12(23)8-4-3-5-9(6-8)20-14(19)24/h3-7,10H,2H2,1H3,(H,21,23)(H3,19,20,24). The van der Waals surface area contributed by atoms with Gasteiger partial charge in [-0.15, -0.1) is 11.3 Å². The van der Waals surface area contributed by atoms with Crippen LogP contribution in [0, 0.1) is 0 Å². The van der Waals surface area contributed by atoms with E-state index in [2.05, 4.69) is 15.6 Å². The highest BCUT2D eigenvalue weighted by Gasteiger charge is 2.34. The zero-order valence-electron chi connectivity index (χ0n) is 13.1.